The Morgan fingerprint density at radius 1 is 0.932 bits per heavy atom. The van der Waals surface area contributed by atoms with Gasteiger partial charge in [-0.25, -0.2) is 9.89 Å². The van der Waals surface area contributed by atoms with Crippen molar-refractivity contribution in [2.24, 2.45) is 0 Å². The molecule has 2 heterocycles. The van der Waals surface area contributed by atoms with Crippen molar-refractivity contribution in [2.45, 2.75) is 37.9 Å². The van der Waals surface area contributed by atoms with Gasteiger partial charge in [0, 0.05) is 24.0 Å². The molecule has 0 atom stereocenters. The van der Waals surface area contributed by atoms with Crippen molar-refractivity contribution in [1.82, 2.24) is 25.6 Å². The first-order valence-corrected chi connectivity index (χ1v) is 14.2. The summed E-state index contributed by atoms with van der Waals surface area (Å²) < 4.78 is 40.3. The molecule has 0 spiro atoms. The second kappa shape index (κ2) is 12.5. The second-order valence-corrected chi connectivity index (χ2v) is 10.6. The molecule has 5 aromatic rings. The summed E-state index contributed by atoms with van der Waals surface area (Å²) in [6.45, 7) is -0.228. The number of carbonyl (C=O) groups is 1. The number of nitrogens with one attached hydrogen (secondary N) is 3. The van der Waals surface area contributed by atoms with E-state index in [2.05, 4.69) is 36.2 Å². The molecule has 3 N–H and O–H groups in total. The van der Waals surface area contributed by atoms with Crippen molar-refractivity contribution in [3.05, 3.63) is 102 Å². The molecule has 44 heavy (non-hydrogen) atoms. The van der Waals surface area contributed by atoms with E-state index in [9.17, 15) is 18.0 Å². The first-order chi connectivity index (χ1) is 21.3. The SMILES string of the molecule is O=C(Nc1ccc(C2CC2)cc1)Nc1cc(-c2ccccc2-c2nnn[nH]2)ccc1N(CCC(F)(F)F)Cc1ccccn1. The van der Waals surface area contributed by atoms with E-state index in [0.29, 0.717) is 40.1 Å². The number of H-pyrrole nitrogens is 1. The molecule has 1 aliphatic rings. The molecule has 0 saturated heterocycles. The zero-order valence-electron chi connectivity index (χ0n) is 23.6. The summed E-state index contributed by atoms with van der Waals surface area (Å²) in [5, 5.41) is 19.9. The average molecular weight is 599 g/mol. The number of anilines is 3. The molecule has 1 aliphatic carbocycles. The lowest BCUT2D eigenvalue weighted by molar-refractivity contribution is -0.132. The first-order valence-electron chi connectivity index (χ1n) is 14.2. The molecule has 9 nitrogen and oxygen atoms in total. The van der Waals surface area contributed by atoms with Gasteiger partial charge >= 0.3 is 12.2 Å². The smallest absolute Gasteiger partial charge is 0.364 e. The molecule has 1 saturated carbocycles. The van der Waals surface area contributed by atoms with E-state index in [1.54, 1.807) is 47.5 Å². The van der Waals surface area contributed by atoms with Gasteiger partial charge in [0.1, 0.15) is 0 Å². The summed E-state index contributed by atoms with van der Waals surface area (Å²) in [5.74, 6) is 1.04. The number of pyridine rings is 1. The number of aromatic amines is 1. The summed E-state index contributed by atoms with van der Waals surface area (Å²) in [5.41, 5.74) is 5.38. The summed E-state index contributed by atoms with van der Waals surface area (Å²) in [7, 11) is 0. The van der Waals surface area contributed by atoms with Crippen LogP contribution in [0.1, 0.15) is 36.4 Å². The van der Waals surface area contributed by atoms with Crippen LogP contribution in [0.4, 0.5) is 35.0 Å². The van der Waals surface area contributed by atoms with Gasteiger partial charge in [-0.3, -0.25) is 4.98 Å². The van der Waals surface area contributed by atoms with Gasteiger partial charge < -0.3 is 15.5 Å². The number of amides is 2. The molecule has 6 rings (SSSR count). The minimum absolute atomic E-state index is 0.107. The Kier molecular flexibility index (Phi) is 8.22. The second-order valence-electron chi connectivity index (χ2n) is 10.6. The Morgan fingerprint density at radius 2 is 1.70 bits per heavy atom. The quantitative estimate of drug-likeness (QED) is 0.154. The molecule has 2 aromatic heterocycles. The predicted octanol–water partition coefficient (Wildman–Crippen LogP) is 7.41. The van der Waals surface area contributed by atoms with E-state index in [4.69, 9.17) is 0 Å². The van der Waals surface area contributed by atoms with Crippen molar-refractivity contribution < 1.29 is 18.0 Å². The van der Waals surface area contributed by atoms with Crippen LogP contribution in [0.5, 0.6) is 0 Å². The fraction of sp³-hybridized carbons (Fsp3) is 0.219. The third-order valence-corrected chi connectivity index (χ3v) is 7.39. The maximum absolute atomic E-state index is 13.4. The van der Waals surface area contributed by atoms with Crippen molar-refractivity contribution in [3.8, 4) is 22.5 Å². The highest BCUT2D eigenvalue weighted by atomic mass is 19.4. The molecule has 224 valence electrons. The minimum atomic E-state index is -4.37. The maximum Gasteiger partial charge on any atom is 0.390 e. The summed E-state index contributed by atoms with van der Waals surface area (Å²) in [6, 6.07) is 25.2. The van der Waals surface area contributed by atoms with E-state index in [1.807, 2.05) is 48.5 Å². The lowest BCUT2D eigenvalue weighted by atomic mass is 9.98. The highest BCUT2D eigenvalue weighted by Gasteiger charge is 2.29. The zero-order valence-corrected chi connectivity index (χ0v) is 23.6. The third-order valence-electron chi connectivity index (χ3n) is 7.39. The number of hydrogen-bond donors (Lipinski definition) is 3. The number of carbonyl (C=O) groups excluding carboxylic acids is 1. The van der Waals surface area contributed by atoms with Gasteiger partial charge in [-0.2, -0.15) is 13.2 Å². The number of rotatable bonds is 10. The number of halogens is 3. The zero-order chi connectivity index (χ0) is 30.5. The van der Waals surface area contributed by atoms with Crippen molar-refractivity contribution in [2.75, 3.05) is 22.1 Å². The van der Waals surface area contributed by atoms with Crippen molar-refractivity contribution in [3.63, 3.8) is 0 Å². The van der Waals surface area contributed by atoms with Gasteiger partial charge in [0.2, 0.25) is 0 Å². The van der Waals surface area contributed by atoms with E-state index in [1.165, 1.54) is 18.4 Å². The highest BCUT2D eigenvalue weighted by Crippen LogP contribution is 2.40. The topological polar surface area (TPSA) is 112 Å². The molecule has 0 aliphatic heterocycles. The predicted molar refractivity (Wildman–Crippen MR) is 162 cm³/mol. The molecule has 1 fully saturated rings. The van der Waals surface area contributed by atoms with Gasteiger partial charge in [0.25, 0.3) is 0 Å². The van der Waals surface area contributed by atoms with Crippen LogP contribution in [0.2, 0.25) is 0 Å². The molecule has 0 radical (unpaired) electrons. The van der Waals surface area contributed by atoms with E-state index < -0.39 is 18.6 Å². The number of benzene rings is 3. The summed E-state index contributed by atoms with van der Waals surface area (Å²) in [4.78, 5) is 19.2. The fourth-order valence-corrected chi connectivity index (χ4v) is 5.07. The lowest BCUT2D eigenvalue weighted by Crippen LogP contribution is -2.30. The molecule has 12 heteroatoms. The number of hydrogen-bond acceptors (Lipinski definition) is 6. The van der Waals surface area contributed by atoms with Crippen LogP contribution in [0.3, 0.4) is 0 Å². The largest absolute Gasteiger partial charge is 0.390 e. The Labute approximate surface area is 251 Å². The Bertz CT molecular complexity index is 1710. The van der Waals surface area contributed by atoms with Gasteiger partial charge in [0.15, 0.2) is 5.82 Å². The summed E-state index contributed by atoms with van der Waals surface area (Å²) >= 11 is 0. The number of aromatic nitrogens is 5. The van der Waals surface area contributed by atoms with Crippen molar-refractivity contribution in [1.29, 1.82) is 0 Å². The van der Waals surface area contributed by atoms with E-state index >= 15 is 0 Å². The lowest BCUT2D eigenvalue weighted by Gasteiger charge is -2.28. The highest BCUT2D eigenvalue weighted by molar-refractivity contribution is 6.02. The standard InChI is InChI=1S/C32H29F3N8O/c33-32(34,35)16-18-43(20-25-5-3-4-17-36-25)29-15-12-23(26-6-1-2-7-27(26)30-39-41-42-40-30)19-28(29)38-31(44)37-24-13-10-22(11-14-24)21-8-9-21/h1-7,10-15,17,19,21H,8-9,16,18,20H2,(H2,37,38,44)(H,39,40,41,42). The van der Waals surface area contributed by atoms with Crippen LogP contribution < -0.4 is 15.5 Å². The fourth-order valence-electron chi connectivity index (χ4n) is 5.07. The monoisotopic (exact) mass is 598 g/mol. The van der Waals surface area contributed by atoms with E-state index in [0.717, 1.165) is 11.1 Å². The first kappa shape index (κ1) is 28.8. The molecule has 0 unspecified atom stereocenters. The molecular formula is C32H29F3N8O. The Morgan fingerprint density at radius 3 is 2.39 bits per heavy atom. The number of nitrogens with zero attached hydrogens (tertiary/aromatic N) is 5. The van der Waals surface area contributed by atoms with Crippen LogP contribution in [0, 0.1) is 0 Å². The molecule has 3 aromatic carbocycles. The van der Waals surface area contributed by atoms with Gasteiger partial charge in [-0.15, -0.1) is 5.10 Å². The van der Waals surface area contributed by atoms with Crippen LogP contribution in [0.15, 0.2) is 91.1 Å². The minimum Gasteiger partial charge on any atom is -0.364 e. The van der Waals surface area contributed by atoms with Crippen LogP contribution in [-0.4, -0.2) is 44.4 Å². The third kappa shape index (κ3) is 7.20. The number of tetrazole rings is 1. The summed E-state index contributed by atoms with van der Waals surface area (Å²) in [6.07, 6.45) is -1.47. The number of urea groups is 1. The van der Waals surface area contributed by atoms with E-state index in [-0.39, 0.29) is 13.1 Å². The number of alkyl halides is 3. The molecular weight excluding hydrogens is 569 g/mol. The molecule has 2 amide bonds. The van der Waals surface area contributed by atoms with Crippen LogP contribution >= 0.6 is 0 Å². The average Bonchev–Trinajstić information content (AvgIpc) is 3.73. The van der Waals surface area contributed by atoms with Gasteiger partial charge in [-0.1, -0.05) is 48.5 Å². The normalized spacial score (nSPS) is 13.0. The van der Waals surface area contributed by atoms with Crippen LogP contribution in [-0.2, 0) is 6.54 Å². The Hall–Kier alpha value is -5.26. The molecule has 0 bridgehead atoms. The van der Waals surface area contributed by atoms with Gasteiger partial charge in [0.05, 0.1) is 30.0 Å². The Balaban J connectivity index is 1.36. The van der Waals surface area contributed by atoms with Crippen molar-refractivity contribution >= 4 is 23.1 Å². The van der Waals surface area contributed by atoms with Gasteiger partial charge in [-0.05, 0) is 82.3 Å². The maximum atomic E-state index is 13.4. The van der Waals surface area contributed by atoms with Crippen LogP contribution in [0.25, 0.3) is 22.5 Å².